The number of methoxy groups -OCH3 is 1. The van der Waals surface area contributed by atoms with E-state index in [9.17, 15) is 9.59 Å². The topological polar surface area (TPSA) is 132 Å². The van der Waals surface area contributed by atoms with Crippen molar-refractivity contribution in [1.82, 2.24) is 25.2 Å². The molecule has 4 rings (SSSR count). The van der Waals surface area contributed by atoms with Crippen molar-refractivity contribution in [3.8, 4) is 11.4 Å². The van der Waals surface area contributed by atoms with E-state index >= 15 is 0 Å². The van der Waals surface area contributed by atoms with Crippen molar-refractivity contribution in [2.45, 2.75) is 25.7 Å². The Labute approximate surface area is 165 Å². The zero-order valence-corrected chi connectivity index (χ0v) is 15.8. The van der Waals surface area contributed by atoms with E-state index in [1.165, 1.54) is 12.1 Å². The first-order valence-corrected chi connectivity index (χ1v) is 8.97. The number of benzene rings is 1. The van der Waals surface area contributed by atoms with Gasteiger partial charge in [0.15, 0.2) is 5.82 Å². The highest BCUT2D eigenvalue weighted by molar-refractivity contribution is 6.03. The van der Waals surface area contributed by atoms with E-state index in [1.807, 2.05) is 0 Å². The summed E-state index contributed by atoms with van der Waals surface area (Å²) in [6.07, 6.45) is 2.08. The van der Waals surface area contributed by atoms with Gasteiger partial charge in [-0.3, -0.25) is 4.79 Å². The largest absolute Gasteiger partial charge is 0.494 e. The number of hydrogen-bond acceptors (Lipinski definition) is 7. The highest BCUT2D eigenvalue weighted by atomic mass is 16.5. The Morgan fingerprint density at radius 3 is 2.69 bits per heavy atom. The van der Waals surface area contributed by atoms with E-state index in [0.29, 0.717) is 23.0 Å². The third-order valence-corrected chi connectivity index (χ3v) is 4.65. The second-order valence-corrected chi connectivity index (χ2v) is 6.70. The minimum atomic E-state index is -1.09. The van der Waals surface area contributed by atoms with Gasteiger partial charge in [0, 0.05) is 11.6 Å². The first-order valence-electron chi connectivity index (χ1n) is 8.97. The summed E-state index contributed by atoms with van der Waals surface area (Å²) in [4.78, 5) is 27.8. The molecular formula is C19H18N6O4. The molecule has 2 aromatic heterocycles. The van der Waals surface area contributed by atoms with E-state index in [4.69, 9.17) is 9.84 Å². The van der Waals surface area contributed by atoms with Gasteiger partial charge in [-0.25, -0.2) is 9.78 Å². The van der Waals surface area contributed by atoms with Gasteiger partial charge in [0.05, 0.1) is 18.4 Å². The lowest BCUT2D eigenvalue weighted by Gasteiger charge is -2.12. The Balaban J connectivity index is 1.62. The lowest BCUT2D eigenvalue weighted by atomic mass is 10.2. The summed E-state index contributed by atoms with van der Waals surface area (Å²) in [5, 5.41) is 23.8. The Hall–Kier alpha value is -3.82. The first kappa shape index (κ1) is 18.5. The van der Waals surface area contributed by atoms with Crippen LogP contribution in [0.2, 0.25) is 0 Å². The summed E-state index contributed by atoms with van der Waals surface area (Å²) in [5.74, 6) is 0.105. The van der Waals surface area contributed by atoms with Gasteiger partial charge < -0.3 is 15.2 Å². The van der Waals surface area contributed by atoms with Crippen LogP contribution in [0.3, 0.4) is 0 Å². The number of tetrazole rings is 1. The molecule has 3 aromatic rings. The van der Waals surface area contributed by atoms with Gasteiger partial charge in [0.1, 0.15) is 17.1 Å². The van der Waals surface area contributed by atoms with Crippen LogP contribution in [0.15, 0.2) is 30.3 Å². The molecule has 0 unspecified atom stereocenters. The Morgan fingerprint density at radius 1 is 1.24 bits per heavy atom. The lowest BCUT2D eigenvalue weighted by Crippen LogP contribution is -2.16. The zero-order chi connectivity index (χ0) is 20.5. The van der Waals surface area contributed by atoms with Crippen molar-refractivity contribution < 1.29 is 19.4 Å². The number of pyridine rings is 1. The van der Waals surface area contributed by atoms with Crippen molar-refractivity contribution in [3.63, 3.8) is 0 Å². The Kier molecular flexibility index (Phi) is 4.67. The second-order valence-electron chi connectivity index (χ2n) is 6.70. The van der Waals surface area contributed by atoms with Crippen LogP contribution in [0.5, 0.6) is 5.75 Å². The average Bonchev–Trinajstić information content (AvgIpc) is 3.44. The first-order chi connectivity index (χ1) is 14.0. The predicted molar refractivity (Wildman–Crippen MR) is 102 cm³/mol. The predicted octanol–water partition coefficient (Wildman–Crippen LogP) is 2.20. The molecular weight excluding hydrogens is 376 g/mol. The van der Waals surface area contributed by atoms with E-state index < -0.39 is 11.9 Å². The maximum atomic E-state index is 12.6. The molecule has 2 N–H and O–H groups in total. The molecule has 0 radical (unpaired) electrons. The van der Waals surface area contributed by atoms with Crippen molar-refractivity contribution >= 4 is 17.6 Å². The number of amides is 1. The summed E-state index contributed by atoms with van der Waals surface area (Å²) in [6.45, 7) is 1.54. The number of aromatic carboxylic acids is 1. The number of nitrogens with one attached hydrogen (secondary N) is 1. The molecule has 1 fully saturated rings. The van der Waals surface area contributed by atoms with Gasteiger partial charge >= 0.3 is 5.97 Å². The van der Waals surface area contributed by atoms with Crippen LogP contribution in [0.4, 0.5) is 5.69 Å². The molecule has 0 saturated heterocycles. The second kappa shape index (κ2) is 7.30. The fourth-order valence-electron chi connectivity index (χ4n) is 3.00. The monoisotopic (exact) mass is 394 g/mol. The van der Waals surface area contributed by atoms with Crippen LogP contribution in [0.25, 0.3) is 5.69 Å². The smallest absolute Gasteiger partial charge is 0.337 e. The number of rotatable bonds is 6. The van der Waals surface area contributed by atoms with Gasteiger partial charge in [0.2, 0.25) is 0 Å². The minimum absolute atomic E-state index is 0.0552. The standard InChI is InChI=1S/C19H18N6O4/c1-10-13(19(27)28)6-7-14(20-10)18(26)21-12-5-8-16(29-2)15(9-12)25-17(11-3-4-11)22-23-24-25/h5-9,11H,3-4H2,1-2H3,(H,21,26)(H,27,28). The van der Waals surface area contributed by atoms with Gasteiger partial charge in [-0.15, -0.1) is 5.10 Å². The fraction of sp³-hybridized carbons (Fsp3) is 0.263. The van der Waals surface area contributed by atoms with Crippen molar-refractivity contribution in [1.29, 1.82) is 0 Å². The number of hydrogen-bond donors (Lipinski definition) is 2. The van der Waals surface area contributed by atoms with E-state index in [-0.39, 0.29) is 17.0 Å². The lowest BCUT2D eigenvalue weighted by molar-refractivity contribution is 0.0695. The molecule has 2 heterocycles. The molecule has 10 heteroatoms. The van der Waals surface area contributed by atoms with Crippen LogP contribution in [0.1, 0.15) is 51.1 Å². The van der Waals surface area contributed by atoms with E-state index in [2.05, 4.69) is 25.8 Å². The summed E-state index contributed by atoms with van der Waals surface area (Å²) < 4.78 is 7.04. The van der Waals surface area contributed by atoms with Crippen LogP contribution in [-0.2, 0) is 0 Å². The molecule has 1 aliphatic rings. The molecule has 0 bridgehead atoms. The highest BCUT2D eigenvalue weighted by Gasteiger charge is 2.30. The number of carboxylic acids is 1. The average molecular weight is 394 g/mol. The number of anilines is 1. The molecule has 1 aromatic carbocycles. The van der Waals surface area contributed by atoms with Crippen LogP contribution < -0.4 is 10.1 Å². The van der Waals surface area contributed by atoms with Gasteiger partial charge in [-0.2, -0.15) is 4.68 Å². The molecule has 0 aliphatic heterocycles. The number of ether oxygens (including phenoxy) is 1. The quantitative estimate of drug-likeness (QED) is 0.650. The molecule has 29 heavy (non-hydrogen) atoms. The normalized spacial score (nSPS) is 13.2. The number of aryl methyl sites for hydroxylation is 1. The van der Waals surface area contributed by atoms with Crippen molar-refractivity contribution in [2.24, 2.45) is 0 Å². The number of carbonyl (C=O) groups is 2. The number of carboxylic acid groups (broad SMARTS) is 1. The molecule has 1 aliphatic carbocycles. The molecule has 1 saturated carbocycles. The molecule has 1 amide bonds. The molecule has 148 valence electrons. The van der Waals surface area contributed by atoms with E-state index in [0.717, 1.165) is 18.7 Å². The van der Waals surface area contributed by atoms with Gasteiger partial charge in [-0.1, -0.05) is 0 Å². The molecule has 0 spiro atoms. The molecule has 10 nitrogen and oxygen atoms in total. The van der Waals surface area contributed by atoms with Crippen LogP contribution in [0, 0.1) is 6.92 Å². The summed E-state index contributed by atoms with van der Waals surface area (Å²) in [7, 11) is 1.55. The minimum Gasteiger partial charge on any atom is -0.494 e. The summed E-state index contributed by atoms with van der Waals surface area (Å²) in [5.41, 5.74) is 1.56. The number of aromatic nitrogens is 5. The van der Waals surface area contributed by atoms with E-state index in [1.54, 1.807) is 36.9 Å². The van der Waals surface area contributed by atoms with Crippen molar-refractivity contribution in [3.05, 3.63) is 53.1 Å². The zero-order valence-electron chi connectivity index (χ0n) is 15.8. The maximum Gasteiger partial charge on any atom is 0.337 e. The Morgan fingerprint density at radius 2 is 2.03 bits per heavy atom. The van der Waals surface area contributed by atoms with Crippen LogP contribution in [-0.4, -0.2) is 49.3 Å². The van der Waals surface area contributed by atoms with Crippen molar-refractivity contribution in [2.75, 3.05) is 12.4 Å². The SMILES string of the molecule is COc1ccc(NC(=O)c2ccc(C(=O)O)c(C)n2)cc1-n1nnnc1C1CC1. The number of carbonyl (C=O) groups excluding carboxylic acids is 1. The number of nitrogens with zero attached hydrogens (tertiary/aromatic N) is 5. The fourth-order valence-corrected chi connectivity index (χ4v) is 3.00. The highest BCUT2D eigenvalue weighted by Crippen LogP contribution is 2.40. The summed E-state index contributed by atoms with van der Waals surface area (Å²) in [6, 6.07) is 7.87. The van der Waals surface area contributed by atoms with Crippen LogP contribution >= 0.6 is 0 Å². The van der Waals surface area contributed by atoms with Gasteiger partial charge in [-0.05, 0) is 60.5 Å². The Bertz CT molecular complexity index is 1110. The molecule has 0 atom stereocenters. The van der Waals surface area contributed by atoms with Gasteiger partial charge in [0.25, 0.3) is 5.91 Å². The third-order valence-electron chi connectivity index (χ3n) is 4.65. The maximum absolute atomic E-state index is 12.6. The third kappa shape index (κ3) is 3.64. The summed E-state index contributed by atoms with van der Waals surface area (Å²) >= 11 is 0.